The summed E-state index contributed by atoms with van der Waals surface area (Å²) in [4.78, 5) is 10.5. The smallest absolute Gasteiger partial charge is 0.303 e. The highest BCUT2D eigenvalue weighted by molar-refractivity contribution is 5.86. The van der Waals surface area contributed by atoms with Gasteiger partial charge >= 0.3 is 5.97 Å². The molecule has 1 aromatic carbocycles. The van der Waals surface area contributed by atoms with Crippen molar-refractivity contribution in [1.82, 2.24) is 4.57 Å². The number of benzene rings is 1. The number of hydrogen-bond acceptors (Lipinski definition) is 3. The molecule has 0 unspecified atom stereocenters. The van der Waals surface area contributed by atoms with Gasteiger partial charge in [-0.2, -0.15) is 0 Å². The van der Waals surface area contributed by atoms with E-state index in [0.717, 1.165) is 22.3 Å². The molecule has 2 aromatic rings. The first-order valence-electron chi connectivity index (χ1n) is 5.83. The van der Waals surface area contributed by atoms with Gasteiger partial charge in [-0.3, -0.25) is 4.79 Å². The van der Waals surface area contributed by atoms with Crippen LogP contribution in [0.3, 0.4) is 0 Å². The first-order valence-corrected chi connectivity index (χ1v) is 5.83. The van der Waals surface area contributed by atoms with E-state index in [0.29, 0.717) is 13.0 Å². The molecule has 0 saturated carbocycles. The van der Waals surface area contributed by atoms with Crippen molar-refractivity contribution in [3.05, 3.63) is 24.5 Å². The molecule has 1 aliphatic rings. The number of carboxylic acids is 1. The Kier molecular flexibility index (Phi) is 2.59. The van der Waals surface area contributed by atoms with E-state index in [2.05, 4.69) is 0 Å². The Morgan fingerprint density at radius 1 is 1.22 bits per heavy atom. The molecule has 0 aliphatic carbocycles. The zero-order valence-corrected chi connectivity index (χ0v) is 9.76. The highest BCUT2D eigenvalue weighted by Crippen LogP contribution is 2.36. The van der Waals surface area contributed by atoms with E-state index in [4.69, 9.17) is 14.6 Å². The van der Waals surface area contributed by atoms with E-state index >= 15 is 0 Å². The second-order valence-corrected chi connectivity index (χ2v) is 4.33. The van der Waals surface area contributed by atoms with Crippen LogP contribution in [0, 0.1) is 0 Å². The summed E-state index contributed by atoms with van der Waals surface area (Å²) in [5.74, 6) is 0.782. The number of rotatable bonds is 4. The van der Waals surface area contributed by atoms with Gasteiger partial charge < -0.3 is 19.1 Å². The number of aliphatic carboxylic acids is 1. The van der Waals surface area contributed by atoms with Crippen molar-refractivity contribution < 1.29 is 19.4 Å². The number of aromatic nitrogens is 1. The Bertz CT molecular complexity index is 561. The third kappa shape index (κ3) is 1.99. The Morgan fingerprint density at radius 2 is 1.83 bits per heavy atom. The number of carbonyl (C=O) groups is 1. The molecule has 5 heteroatoms. The van der Waals surface area contributed by atoms with Gasteiger partial charge in [0.2, 0.25) is 6.79 Å². The van der Waals surface area contributed by atoms with Gasteiger partial charge in [0.15, 0.2) is 11.5 Å². The van der Waals surface area contributed by atoms with Crippen LogP contribution in [0.1, 0.15) is 12.8 Å². The van der Waals surface area contributed by atoms with E-state index in [1.807, 2.05) is 29.1 Å². The maximum atomic E-state index is 10.5. The summed E-state index contributed by atoms with van der Waals surface area (Å²) in [7, 11) is 0. The van der Waals surface area contributed by atoms with Crippen molar-refractivity contribution in [2.24, 2.45) is 0 Å². The molecule has 3 rings (SSSR count). The molecule has 1 aliphatic heterocycles. The van der Waals surface area contributed by atoms with Crippen molar-refractivity contribution in [3.63, 3.8) is 0 Å². The number of fused-ring (bicyclic) bond motifs is 2. The summed E-state index contributed by atoms with van der Waals surface area (Å²) >= 11 is 0. The van der Waals surface area contributed by atoms with Crippen molar-refractivity contribution >= 4 is 16.7 Å². The average Bonchev–Trinajstić information content (AvgIpc) is 2.89. The lowest BCUT2D eigenvalue weighted by molar-refractivity contribution is -0.137. The molecule has 0 spiro atoms. The first-order chi connectivity index (χ1) is 8.72. The molecule has 0 fully saturated rings. The molecule has 0 atom stereocenters. The largest absolute Gasteiger partial charge is 0.481 e. The highest BCUT2D eigenvalue weighted by atomic mass is 16.7. The Morgan fingerprint density at radius 3 is 2.39 bits per heavy atom. The minimum Gasteiger partial charge on any atom is -0.481 e. The van der Waals surface area contributed by atoms with Crippen molar-refractivity contribution in [2.45, 2.75) is 19.4 Å². The second-order valence-electron chi connectivity index (χ2n) is 4.33. The van der Waals surface area contributed by atoms with Crippen LogP contribution < -0.4 is 9.47 Å². The predicted octanol–water partition coefficient (Wildman–Crippen LogP) is 2.23. The lowest BCUT2D eigenvalue weighted by Gasteiger charge is -1.99. The van der Waals surface area contributed by atoms with E-state index in [9.17, 15) is 4.79 Å². The summed E-state index contributed by atoms with van der Waals surface area (Å²) in [5.41, 5.74) is 0. The highest BCUT2D eigenvalue weighted by Gasteiger charge is 2.14. The van der Waals surface area contributed by atoms with Crippen LogP contribution in [0.15, 0.2) is 24.5 Å². The third-order valence-corrected chi connectivity index (χ3v) is 3.00. The van der Waals surface area contributed by atoms with Gasteiger partial charge in [0.05, 0.1) is 0 Å². The van der Waals surface area contributed by atoms with Gasteiger partial charge in [0.1, 0.15) is 0 Å². The summed E-state index contributed by atoms with van der Waals surface area (Å²) in [5, 5.41) is 10.8. The van der Waals surface area contributed by atoms with E-state index in [1.165, 1.54) is 0 Å². The maximum absolute atomic E-state index is 10.5. The summed E-state index contributed by atoms with van der Waals surface area (Å²) in [6.45, 7) is 0.980. The van der Waals surface area contributed by atoms with Gasteiger partial charge in [-0.15, -0.1) is 0 Å². The van der Waals surface area contributed by atoms with Gasteiger partial charge in [-0.05, 0) is 18.6 Å². The van der Waals surface area contributed by atoms with Crippen LogP contribution in [0.2, 0.25) is 0 Å². The fourth-order valence-electron chi connectivity index (χ4n) is 2.13. The van der Waals surface area contributed by atoms with E-state index < -0.39 is 5.97 Å². The maximum Gasteiger partial charge on any atom is 0.303 e. The fourth-order valence-corrected chi connectivity index (χ4v) is 2.13. The molecular formula is C13H13NO4. The summed E-state index contributed by atoms with van der Waals surface area (Å²) in [6, 6.07) is 3.90. The Labute approximate surface area is 104 Å². The zero-order chi connectivity index (χ0) is 12.5. The van der Waals surface area contributed by atoms with Gasteiger partial charge in [-0.1, -0.05) is 0 Å². The molecule has 1 aromatic heterocycles. The predicted molar refractivity (Wildman–Crippen MR) is 64.9 cm³/mol. The molecule has 5 nitrogen and oxygen atoms in total. The van der Waals surface area contributed by atoms with Crippen LogP contribution in [-0.4, -0.2) is 22.4 Å². The average molecular weight is 247 g/mol. The molecular weight excluding hydrogens is 234 g/mol. The standard InChI is InChI=1S/C13H13NO4/c15-13(16)2-1-3-14-6-9-4-11-12(18-8-17-11)5-10(9)7-14/h4-7H,1-3,8H2,(H,15,16). The normalized spacial score (nSPS) is 13.1. The molecule has 0 saturated heterocycles. The minimum absolute atomic E-state index is 0.192. The van der Waals surface area contributed by atoms with E-state index in [-0.39, 0.29) is 13.2 Å². The topological polar surface area (TPSA) is 60.7 Å². The van der Waals surface area contributed by atoms with Crippen LogP contribution in [0.25, 0.3) is 10.8 Å². The number of carboxylic acid groups (broad SMARTS) is 1. The van der Waals surface area contributed by atoms with Crippen molar-refractivity contribution in [2.75, 3.05) is 6.79 Å². The van der Waals surface area contributed by atoms with Gasteiger partial charge in [-0.25, -0.2) is 0 Å². The molecule has 0 bridgehead atoms. The number of aryl methyl sites for hydroxylation is 1. The lowest BCUT2D eigenvalue weighted by atomic mass is 10.2. The van der Waals surface area contributed by atoms with Crippen LogP contribution in [0.4, 0.5) is 0 Å². The second kappa shape index (κ2) is 4.25. The Hall–Kier alpha value is -2.17. The van der Waals surface area contributed by atoms with Crippen LogP contribution in [0.5, 0.6) is 11.5 Å². The van der Waals surface area contributed by atoms with Crippen LogP contribution in [-0.2, 0) is 11.3 Å². The van der Waals surface area contributed by atoms with Gasteiger partial charge in [0.25, 0.3) is 0 Å². The molecule has 0 amide bonds. The quantitative estimate of drug-likeness (QED) is 0.900. The molecule has 94 valence electrons. The van der Waals surface area contributed by atoms with Crippen molar-refractivity contribution in [1.29, 1.82) is 0 Å². The first kappa shape index (κ1) is 11.0. The zero-order valence-electron chi connectivity index (χ0n) is 9.76. The molecule has 0 radical (unpaired) electrons. The van der Waals surface area contributed by atoms with Crippen LogP contribution >= 0.6 is 0 Å². The Balaban J connectivity index is 1.81. The molecule has 1 N–H and O–H groups in total. The molecule has 2 heterocycles. The summed E-state index contributed by atoms with van der Waals surface area (Å²) in [6.07, 6.45) is 4.82. The SMILES string of the molecule is O=C(O)CCCn1cc2cc3c(cc2c1)OCO3. The number of nitrogens with zero attached hydrogens (tertiary/aromatic N) is 1. The minimum atomic E-state index is -0.757. The third-order valence-electron chi connectivity index (χ3n) is 3.00. The lowest BCUT2D eigenvalue weighted by Crippen LogP contribution is -1.99. The monoisotopic (exact) mass is 247 g/mol. The van der Waals surface area contributed by atoms with Crippen molar-refractivity contribution in [3.8, 4) is 11.5 Å². The summed E-state index contributed by atoms with van der Waals surface area (Å²) < 4.78 is 12.6. The van der Waals surface area contributed by atoms with Gasteiger partial charge in [0, 0.05) is 36.1 Å². The molecule has 18 heavy (non-hydrogen) atoms. The number of ether oxygens (including phenoxy) is 2. The number of hydrogen-bond donors (Lipinski definition) is 1. The van der Waals surface area contributed by atoms with E-state index in [1.54, 1.807) is 0 Å². The fraction of sp³-hybridized carbons (Fsp3) is 0.308.